The fourth-order valence-electron chi connectivity index (χ4n) is 2.34. The molecule has 0 spiro atoms. The van der Waals surface area contributed by atoms with E-state index >= 15 is 0 Å². The second kappa shape index (κ2) is 4.94. The van der Waals surface area contributed by atoms with Crippen molar-refractivity contribution in [3.05, 3.63) is 0 Å². The molecule has 0 aliphatic carbocycles. The zero-order valence-corrected chi connectivity index (χ0v) is 9.29. The van der Waals surface area contributed by atoms with Crippen LogP contribution < -0.4 is 10.6 Å². The Morgan fingerprint density at radius 2 is 2.40 bits per heavy atom. The van der Waals surface area contributed by atoms with Crippen LogP contribution in [0.3, 0.4) is 0 Å². The Morgan fingerprint density at radius 3 is 3.00 bits per heavy atom. The highest BCUT2D eigenvalue weighted by atomic mass is 16.5. The Hall–Kier alpha value is -0.610. The van der Waals surface area contributed by atoms with Gasteiger partial charge in [-0.3, -0.25) is 4.79 Å². The smallest absolute Gasteiger partial charge is 0.221 e. The SMILES string of the molecule is CC1OCCC1NC(=O)CC1CCCN1. The highest BCUT2D eigenvalue weighted by Gasteiger charge is 2.26. The van der Waals surface area contributed by atoms with Gasteiger partial charge >= 0.3 is 0 Å². The van der Waals surface area contributed by atoms with Crippen LogP contribution in [0.5, 0.6) is 0 Å². The van der Waals surface area contributed by atoms with Crippen LogP contribution in [-0.2, 0) is 9.53 Å². The highest BCUT2D eigenvalue weighted by Crippen LogP contribution is 2.14. The summed E-state index contributed by atoms with van der Waals surface area (Å²) < 4.78 is 5.41. The Labute approximate surface area is 90.8 Å². The maximum absolute atomic E-state index is 11.7. The summed E-state index contributed by atoms with van der Waals surface area (Å²) in [6, 6.07) is 0.613. The largest absolute Gasteiger partial charge is 0.376 e. The maximum Gasteiger partial charge on any atom is 0.221 e. The normalized spacial score (nSPS) is 35.7. The van der Waals surface area contributed by atoms with E-state index in [1.54, 1.807) is 0 Å². The van der Waals surface area contributed by atoms with Crippen LogP contribution in [0.15, 0.2) is 0 Å². The summed E-state index contributed by atoms with van der Waals surface area (Å²) in [6.45, 7) is 3.85. The lowest BCUT2D eigenvalue weighted by atomic mass is 10.1. The van der Waals surface area contributed by atoms with E-state index in [2.05, 4.69) is 10.6 Å². The van der Waals surface area contributed by atoms with Crippen LogP contribution in [0.1, 0.15) is 32.6 Å². The molecule has 0 bridgehead atoms. The minimum atomic E-state index is 0.164. The molecule has 4 nitrogen and oxygen atoms in total. The van der Waals surface area contributed by atoms with Crippen molar-refractivity contribution in [3.63, 3.8) is 0 Å². The third-order valence-corrected chi connectivity index (χ3v) is 3.32. The van der Waals surface area contributed by atoms with E-state index in [0.29, 0.717) is 12.5 Å². The molecule has 0 aromatic rings. The Kier molecular flexibility index (Phi) is 3.59. The van der Waals surface area contributed by atoms with Crippen LogP contribution in [-0.4, -0.2) is 37.2 Å². The number of hydrogen-bond acceptors (Lipinski definition) is 3. The average Bonchev–Trinajstić information content (AvgIpc) is 2.79. The number of carbonyl (C=O) groups excluding carboxylic acids is 1. The summed E-state index contributed by atoms with van der Waals surface area (Å²) in [5, 5.41) is 6.38. The number of amides is 1. The second-order valence-electron chi connectivity index (χ2n) is 4.54. The molecule has 3 unspecified atom stereocenters. The third kappa shape index (κ3) is 2.92. The molecule has 2 N–H and O–H groups in total. The van der Waals surface area contributed by atoms with Gasteiger partial charge in [0.2, 0.25) is 5.91 Å². The van der Waals surface area contributed by atoms with Crippen molar-refractivity contribution < 1.29 is 9.53 Å². The van der Waals surface area contributed by atoms with Gasteiger partial charge in [0, 0.05) is 19.1 Å². The fraction of sp³-hybridized carbons (Fsp3) is 0.909. The lowest BCUT2D eigenvalue weighted by Crippen LogP contribution is -2.41. The number of carbonyl (C=O) groups is 1. The van der Waals surface area contributed by atoms with Gasteiger partial charge in [0.05, 0.1) is 12.1 Å². The molecule has 0 aromatic carbocycles. The van der Waals surface area contributed by atoms with Gasteiger partial charge < -0.3 is 15.4 Å². The zero-order valence-electron chi connectivity index (χ0n) is 9.29. The molecule has 0 aromatic heterocycles. The maximum atomic E-state index is 11.7. The Balaban J connectivity index is 1.71. The molecule has 86 valence electrons. The van der Waals surface area contributed by atoms with Crippen molar-refractivity contribution in [1.82, 2.24) is 10.6 Å². The van der Waals surface area contributed by atoms with Crippen molar-refractivity contribution in [3.8, 4) is 0 Å². The molecule has 0 saturated carbocycles. The van der Waals surface area contributed by atoms with Gasteiger partial charge in [-0.2, -0.15) is 0 Å². The minimum absolute atomic E-state index is 0.164. The summed E-state index contributed by atoms with van der Waals surface area (Å²) >= 11 is 0. The van der Waals surface area contributed by atoms with E-state index in [9.17, 15) is 4.79 Å². The van der Waals surface area contributed by atoms with Crippen molar-refractivity contribution in [2.24, 2.45) is 0 Å². The molecule has 0 radical (unpaired) electrons. The lowest BCUT2D eigenvalue weighted by Gasteiger charge is -2.17. The molecule has 2 saturated heterocycles. The molecule has 1 amide bonds. The van der Waals surface area contributed by atoms with Gasteiger partial charge in [-0.05, 0) is 32.7 Å². The Bertz CT molecular complexity index is 227. The molecule has 3 atom stereocenters. The van der Waals surface area contributed by atoms with E-state index < -0.39 is 0 Å². The van der Waals surface area contributed by atoms with Crippen LogP contribution in [0, 0.1) is 0 Å². The molecule has 2 aliphatic rings. The molecule has 2 heterocycles. The van der Waals surface area contributed by atoms with E-state index in [1.165, 1.54) is 6.42 Å². The quantitative estimate of drug-likeness (QED) is 0.713. The first-order valence-corrected chi connectivity index (χ1v) is 5.90. The lowest BCUT2D eigenvalue weighted by molar-refractivity contribution is -0.122. The van der Waals surface area contributed by atoms with Gasteiger partial charge in [-0.25, -0.2) is 0 Å². The van der Waals surface area contributed by atoms with Crippen LogP contribution in [0.25, 0.3) is 0 Å². The first-order valence-electron chi connectivity index (χ1n) is 5.90. The standard InChI is InChI=1S/C11H20N2O2/c1-8-10(4-6-15-8)13-11(14)7-9-3-2-5-12-9/h8-10,12H,2-7H2,1H3,(H,13,14). The minimum Gasteiger partial charge on any atom is -0.376 e. The van der Waals surface area contributed by atoms with Gasteiger partial charge in [-0.1, -0.05) is 0 Å². The van der Waals surface area contributed by atoms with E-state index in [4.69, 9.17) is 4.74 Å². The third-order valence-electron chi connectivity index (χ3n) is 3.32. The topological polar surface area (TPSA) is 50.4 Å². The Morgan fingerprint density at radius 1 is 1.53 bits per heavy atom. The van der Waals surface area contributed by atoms with E-state index in [0.717, 1.165) is 26.0 Å². The summed E-state index contributed by atoms with van der Waals surface area (Å²) in [4.78, 5) is 11.7. The van der Waals surface area contributed by atoms with Crippen molar-refractivity contribution in [2.45, 2.75) is 50.8 Å². The fourth-order valence-corrected chi connectivity index (χ4v) is 2.34. The van der Waals surface area contributed by atoms with Crippen LogP contribution in [0.4, 0.5) is 0 Å². The van der Waals surface area contributed by atoms with Crippen molar-refractivity contribution in [2.75, 3.05) is 13.2 Å². The molecule has 4 heteroatoms. The number of rotatable bonds is 3. The van der Waals surface area contributed by atoms with Crippen LogP contribution >= 0.6 is 0 Å². The number of nitrogens with one attached hydrogen (secondary N) is 2. The van der Waals surface area contributed by atoms with Gasteiger partial charge in [0.15, 0.2) is 0 Å². The van der Waals surface area contributed by atoms with Crippen molar-refractivity contribution in [1.29, 1.82) is 0 Å². The summed E-state index contributed by atoms with van der Waals surface area (Å²) in [6.07, 6.45) is 4.06. The summed E-state index contributed by atoms with van der Waals surface area (Å²) in [5.74, 6) is 0.164. The van der Waals surface area contributed by atoms with Crippen molar-refractivity contribution >= 4 is 5.91 Å². The first kappa shape index (κ1) is 10.9. The molecule has 15 heavy (non-hydrogen) atoms. The number of ether oxygens (including phenoxy) is 1. The first-order chi connectivity index (χ1) is 7.25. The zero-order chi connectivity index (χ0) is 10.7. The molecule has 2 rings (SSSR count). The predicted molar refractivity (Wildman–Crippen MR) is 57.6 cm³/mol. The van der Waals surface area contributed by atoms with Gasteiger partial charge in [-0.15, -0.1) is 0 Å². The molecular weight excluding hydrogens is 192 g/mol. The molecular formula is C11H20N2O2. The highest BCUT2D eigenvalue weighted by molar-refractivity contribution is 5.77. The average molecular weight is 212 g/mol. The van der Waals surface area contributed by atoms with Crippen LogP contribution in [0.2, 0.25) is 0 Å². The van der Waals surface area contributed by atoms with E-state index in [1.807, 2.05) is 6.92 Å². The van der Waals surface area contributed by atoms with Gasteiger partial charge in [0.1, 0.15) is 0 Å². The summed E-state index contributed by atoms with van der Waals surface area (Å²) in [7, 11) is 0. The van der Waals surface area contributed by atoms with Gasteiger partial charge in [0.25, 0.3) is 0 Å². The predicted octanol–water partition coefficient (Wildman–Crippen LogP) is 0.422. The molecule has 2 aliphatic heterocycles. The molecule has 2 fully saturated rings. The van der Waals surface area contributed by atoms with E-state index in [-0.39, 0.29) is 18.1 Å². The number of hydrogen-bond donors (Lipinski definition) is 2. The second-order valence-corrected chi connectivity index (χ2v) is 4.54. The summed E-state index contributed by atoms with van der Waals surface area (Å²) in [5.41, 5.74) is 0. The monoisotopic (exact) mass is 212 g/mol.